The normalized spacial score (nSPS) is 14.4. The maximum atomic E-state index is 12.0. The Hall–Kier alpha value is -2.73. The van der Waals surface area contributed by atoms with Gasteiger partial charge in [-0.1, -0.05) is 18.2 Å². The summed E-state index contributed by atoms with van der Waals surface area (Å²) < 4.78 is 7.13. The molecule has 0 spiro atoms. The fraction of sp³-hybridized carbons (Fsp3) is 0.316. The first kappa shape index (κ1) is 15.8. The Kier molecular flexibility index (Phi) is 4.19. The molecule has 0 saturated carbocycles. The highest BCUT2D eigenvalue weighted by molar-refractivity contribution is 5.52. The van der Waals surface area contributed by atoms with Gasteiger partial charge in [0.25, 0.3) is 5.56 Å². The molecular formula is C19H20N4O2. The summed E-state index contributed by atoms with van der Waals surface area (Å²) >= 11 is 0. The van der Waals surface area contributed by atoms with Crippen LogP contribution < -0.4 is 5.56 Å². The van der Waals surface area contributed by atoms with Crippen LogP contribution >= 0.6 is 0 Å². The van der Waals surface area contributed by atoms with Crippen LogP contribution in [-0.4, -0.2) is 26.2 Å². The van der Waals surface area contributed by atoms with E-state index in [2.05, 4.69) is 15.0 Å². The molecule has 6 heteroatoms. The van der Waals surface area contributed by atoms with Crippen LogP contribution in [0.1, 0.15) is 23.9 Å². The van der Waals surface area contributed by atoms with Gasteiger partial charge in [-0.05, 0) is 24.6 Å². The van der Waals surface area contributed by atoms with Gasteiger partial charge < -0.3 is 4.42 Å². The highest BCUT2D eigenvalue weighted by Gasteiger charge is 2.20. The molecular weight excluding hydrogens is 316 g/mol. The van der Waals surface area contributed by atoms with Crippen molar-refractivity contribution in [3.8, 4) is 11.5 Å². The Bertz CT molecular complexity index is 930. The summed E-state index contributed by atoms with van der Waals surface area (Å²) in [7, 11) is 0. The van der Waals surface area contributed by atoms with E-state index >= 15 is 0 Å². The first-order valence-corrected chi connectivity index (χ1v) is 8.55. The molecule has 1 aliphatic heterocycles. The minimum Gasteiger partial charge on any atom is -0.444 e. The molecule has 3 aromatic rings. The van der Waals surface area contributed by atoms with Crippen molar-refractivity contribution in [1.29, 1.82) is 0 Å². The molecule has 2 aromatic heterocycles. The number of oxazole rings is 1. The predicted molar refractivity (Wildman–Crippen MR) is 93.9 cm³/mol. The zero-order chi connectivity index (χ0) is 17.2. The van der Waals surface area contributed by atoms with Crippen LogP contribution in [0.4, 0.5) is 0 Å². The molecule has 1 aromatic carbocycles. The number of aryl methyl sites for hydroxylation is 1. The largest absolute Gasteiger partial charge is 0.444 e. The van der Waals surface area contributed by atoms with Crippen LogP contribution in [0.5, 0.6) is 0 Å². The van der Waals surface area contributed by atoms with E-state index in [1.807, 2.05) is 37.3 Å². The van der Waals surface area contributed by atoms with Gasteiger partial charge >= 0.3 is 0 Å². The molecule has 0 amide bonds. The number of benzene rings is 1. The molecule has 4 rings (SSSR count). The lowest BCUT2D eigenvalue weighted by atomic mass is 10.1. The molecule has 6 nitrogen and oxygen atoms in total. The number of fused-ring (bicyclic) bond motifs is 1. The van der Waals surface area contributed by atoms with E-state index < -0.39 is 0 Å². The van der Waals surface area contributed by atoms with E-state index in [1.54, 1.807) is 12.3 Å². The minimum atomic E-state index is -0.0316. The van der Waals surface area contributed by atoms with E-state index in [0.29, 0.717) is 19.0 Å². The number of hydrogen-bond acceptors (Lipinski definition) is 5. The third-order valence-electron chi connectivity index (χ3n) is 4.48. The SMILES string of the molecule is CCn1nc2c(cc1=O)CN(Cc1coc(-c3ccccc3)n1)CC2. The first-order chi connectivity index (χ1) is 12.2. The lowest BCUT2D eigenvalue weighted by Gasteiger charge is -2.27. The van der Waals surface area contributed by atoms with Crippen LogP contribution in [-0.2, 0) is 26.1 Å². The van der Waals surface area contributed by atoms with Gasteiger partial charge in [0.15, 0.2) is 0 Å². The molecule has 0 aliphatic carbocycles. The molecule has 0 radical (unpaired) electrons. The number of aromatic nitrogens is 3. The van der Waals surface area contributed by atoms with Gasteiger partial charge in [0.05, 0.1) is 11.4 Å². The second-order valence-electron chi connectivity index (χ2n) is 6.24. The van der Waals surface area contributed by atoms with E-state index in [4.69, 9.17) is 4.42 Å². The predicted octanol–water partition coefficient (Wildman–Crippen LogP) is 2.48. The molecule has 0 atom stereocenters. The lowest BCUT2D eigenvalue weighted by molar-refractivity contribution is 0.238. The molecule has 0 saturated heterocycles. The Morgan fingerprint density at radius 2 is 2.08 bits per heavy atom. The van der Waals surface area contributed by atoms with Crippen molar-refractivity contribution < 1.29 is 4.42 Å². The smallest absolute Gasteiger partial charge is 0.267 e. The Morgan fingerprint density at radius 1 is 1.24 bits per heavy atom. The standard InChI is InChI=1S/C19H20N4O2/c1-2-23-18(24)10-15-11-22(9-8-17(15)21-23)12-16-13-25-19(20-16)14-6-4-3-5-7-14/h3-7,10,13H,2,8-9,11-12H2,1H3. The van der Waals surface area contributed by atoms with Crippen molar-refractivity contribution in [3.63, 3.8) is 0 Å². The molecule has 0 fully saturated rings. The van der Waals surface area contributed by atoms with Crippen LogP contribution in [0, 0.1) is 0 Å². The molecule has 1 aliphatic rings. The van der Waals surface area contributed by atoms with E-state index in [1.165, 1.54) is 4.68 Å². The zero-order valence-corrected chi connectivity index (χ0v) is 14.2. The van der Waals surface area contributed by atoms with Crippen LogP contribution in [0.15, 0.2) is 51.9 Å². The zero-order valence-electron chi connectivity index (χ0n) is 14.2. The molecule has 25 heavy (non-hydrogen) atoms. The third-order valence-corrected chi connectivity index (χ3v) is 4.48. The van der Waals surface area contributed by atoms with Gasteiger partial charge in [-0.2, -0.15) is 5.10 Å². The topological polar surface area (TPSA) is 64.2 Å². The van der Waals surface area contributed by atoms with Crippen molar-refractivity contribution in [2.75, 3.05) is 6.54 Å². The highest BCUT2D eigenvalue weighted by Crippen LogP contribution is 2.21. The van der Waals surface area contributed by atoms with Gasteiger partial charge in [0, 0.05) is 44.2 Å². The summed E-state index contributed by atoms with van der Waals surface area (Å²) in [6.07, 6.45) is 2.56. The van der Waals surface area contributed by atoms with Crippen molar-refractivity contribution in [1.82, 2.24) is 19.7 Å². The number of nitrogens with zero attached hydrogens (tertiary/aromatic N) is 4. The van der Waals surface area contributed by atoms with Crippen LogP contribution in [0.2, 0.25) is 0 Å². The molecule has 128 valence electrons. The van der Waals surface area contributed by atoms with Gasteiger partial charge in [-0.3, -0.25) is 9.69 Å². The van der Waals surface area contributed by atoms with E-state index in [-0.39, 0.29) is 5.56 Å². The monoisotopic (exact) mass is 336 g/mol. The first-order valence-electron chi connectivity index (χ1n) is 8.55. The molecule has 0 bridgehead atoms. The average molecular weight is 336 g/mol. The summed E-state index contributed by atoms with van der Waals surface area (Å²) in [5, 5.41) is 4.46. The second-order valence-corrected chi connectivity index (χ2v) is 6.24. The summed E-state index contributed by atoms with van der Waals surface area (Å²) in [5.74, 6) is 0.639. The summed E-state index contributed by atoms with van der Waals surface area (Å²) in [5.41, 5.74) is 3.89. The fourth-order valence-electron chi connectivity index (χ4n) is 3.18. The Balaban J connectivity index is 1.49. The van der Waals surface area contributed by atoms with Crippen molar-refractivity contribution >= 4 is 0 Å². The van der Waals surface area contributed by atoms with Gasteiger partial charge in [0.1, 0.15) is 6.26 Å². The molecule has 3 heterocycles. The summed E-state index contributed by atoms with van der Waals surface area (Å²) in [6.45, 7) is 4.86. The van der Waals surface area contributed by atoms with Gasteiger partial charge in [-0.15, -0.1) is 0 Å². The molecule has 0 N–H and O–H groups in total. The van der Waals surface area contributed by atoms with Crippen molar-refractivity contribution in [2.45, 2.75) is 33.0 Å². The Morgan fingerprint density at radius 3 is 2.88 bits per heavy atom. The summed E-state index contributed by atoms with van der Waals surface area (Å²) in [4.78, 5) is 18.9. The average Bonchev–Trinajstić information content (AvgIpc) is 3.10. The third kappa shape index (κ3) is 3.25. The van der Waals surface area contributed by atoms with Crippen molar-refractivity contribution in [3.05, 3.63) is 70.0 Å². The maximum absolute atomic E-state index is 12.0. The summed E-state index contributed by atoms with van der Waals surface area (Å²) in [6, 6.07) is 11.6. The maximum Gasteiger partial charge on any atom is 0.267 e. The Labute approximate surface area is 145 Å². The van der Waals surface area contributed by atoms with Gasteiger partial charge in [0.2, 0.25) is 5.89 Å². The van der Waals surface area contributed by atoms with E-state index in [9.17, 15) is 4.79 Å². The molecule has 0 unspecified atom stereocenters. The number of hydrogen-bond donors (Lipinski definition) is 0. The van der Waals surface area contributed by atoms with Gasteiger partial charge in [-0.25, -0.2) is 9.67 Å². The second kappa shape index (κ2) is 6.64. The van der Waals surface area contributed by atoms with Crippen molar-refractivity contribution in [2.24, 2.45) is 0 Å². The van der Waals surface area contributed by atoms with Crippen LogP contribution in [0.3, 0.4) is 0 Å². The number of rotatable bonds is 4. The minimum absolute atomic E-state index is 0.0316. The quantitative estimate of drug-likeness (QED) is 0.732. The van der Waals surface area contributed by atoms with E-state index in [0.717, 1.165) is 42.0 Å². The fourth-order valence-corrected chi connectivity index (χ4v) is 3.18. The lowest BCUT2D eigenvalue weighted by Crippen LogP contribution is -2.34. The highest BCUT2D eigenvalue weighted by atomic mass is 16.3. The van der Waals surface area contributed by atoms with Crippen LogP contribution in [0.25, 0.3) is 11.5 Å².